The summed E-state index contributed by atoms with van der Waals surface area (Å²) >= 11 is 0. The van der Waals surface area contributed by atoms with E-state index < -0.39 is 0 Å². The fourth-order valence-electron chi connectivity index (χ4n) is 1.94. The van der Waals surface area contributed by atoms with E-state index in [4.69, 9.17) is 0 Å². The summed E-state index contributed by atoms with van der Waals surface area (Å²) in [5, 5.41) is 3.42. The Morgan fingerprint density at radius 2 is 2.36 bits per heavy atom. The van der Waals surface area contributed by atoms with Gasteiger partial charge in [-0.05, 0) is 44.7 Å². The third-order valence-electron chi connectivity index (χ3n) is 3.04. The average Bonchev–Trinajstić information content (AvgIpc) is 2.19. The van der Waals surface area contributed by atoms with Gasteiger partial charge in [-0.15, -0.1) is 0 Å². The van der Waals surface area contributed by atoms with Gasteiger partial charge in [-0.2, -0.15) is 0 Å². The number of piperidine rings is 1. The Morgan fingerprint density at radius 3 is 2.93 bits per heavy atom. The van der Waals surface area contributed by atoms with Crippen molar-refractivity contribution in [3.63, 3.8) is 0 Å². The number of carbonyl (C=O) groups excluding carboxylic acids is 1. The molecule has 0 spiro atoms. The molecule has 1 heterocycles. The van der Waals surface area contributed by atoms with Crippen LogP contribution in [0.5, 0.6) is 0 Å². The molecular formula is C11H22N2O. The van der Waals surface area contributed by atoms with Crippen LogP contribution in [-0.2, 0) is 4.79 Å². The maximum atomic E-state index is 10.9. The van der Waals surface area contributed by atoms with Crippen molar-refractivity contribution in [1.29, 1.82) is 0 Å². The normalized spacial score (nSPS) is 22.0. The highest BCUT2D eigenvalue weighted by Crippen LogP contribution is 2.15. The van der Waals surface area contributed by atoms with Crippen LogP contribution in [0.1, 0.15) is 32.6 Å². The predicted molar refractivity (Wildman–Crippen MR) is 58.1 cm³/mol. The van der Waals surface area contributed by atoms with Gasteiger partial charge in [-0.1, -0.05) is 0 Å². The SMILES string of the molecule is CC(=O)N(C)CCCC1CCCNC1. The monoisotopic (exact) mass is 198 g/mol. The van der Waals surface area contributed by atoms with Crippen molar-refractivity contribution in [1.82, 2.24) is 10.2 Å². The molecule has 0 aromatic rings. The minimum absolute atomic E-state index is 0.173. The van der Waals surface area contributed by atoms with Gasteiger partial charge in [0, 0.05) is 20.5 Å². The fourth-order valence-corrected chi connectivity index (χ4v) is 1.94. The molecule has 1 aliphatic rings. The van der Waals surface area contributed by atoms with Gasteiger partial charge in [0.25, 0.3) is 0 Å². The molecule has 1 amide bonds. The topological polar surface area (TPSA) is 32.3 Å². The van der Waals surface area contributed by atoms with E-state index in [9.17, 15) is 4.79 Å². The molecule has 3 nitrogen and oxygen atoms in total. The lowest BCUT2D eigenvalue weighted by Gasteiger charge is -2.23. The van der Waals surface area contributed by atoms with E-state index in [-0.39, 0.29) is 5.91 Å². The van der Waals surface area contributed by atoms with Crippen molar-refractivity contribution in [2.75, 3.05) is 26.7 Å². The van der Waals surface area contributed by atoms with Crippen LogP contribution in [0.15, 0.2) is 0 Å². The van der Waals surface area contributed by atoms with Crippen LogP contribution in [0.4, 0.5) is 0 Å². The zero-order chi connectivity index (χ0) is 10.4. The number of nitrogens with zero attached hydrogens (tertiary/aromatic N) is 1. The van der Waals surface area contributed by atoms with E-state index in [0.29, 0.717) is 0 Å². The van der Waals surface area contributed by atoms with Crippen LogP contribution in [0.25, 0.3) is 0 Å². The smallest absolute Gasteiger partial charge is 0.219 e. The standard InChI is InChI=1S/C11H22N2O/c1-10(14)13(2)8-4-6-11-5-3-7-12-9-11/h11-12H,3-9H2,1-2H3. The van der Waals surface area contributed by atoms with Gasteiger partial charge in [-0.3, -0.25) is 4.79 Å². The minimum Gasteiger partial charge on any atom is -0.346 e. The molecule has 1 aliphatic heterocycles. The predicted octanol–water partition coefficient (Wildman–Crippen LogP) is 1.24. The van der Waals surface area contributed by atoms with Crippen molar-refractivity contribution in [3.05, 3.63) is 0 Å². The summed E-state index contributed by atoms with van der Waals surface area (Å²) in [6.45, 7) is 4.89. The lowest BCUT2D eigenvalue weighted by molar-refractivity contribution is -0.127. The molecule has 0 saturated carbocycles. The largest absolute Gasteiger partial charge is 0.346 e. The van der Waals surface area contributed by atoms with Gasteiger partial charge < -0.3 is 10.2 Å². The minimum atomic E-state index is 0.173. The Bertz CT molecular complexity index is 176. The first kappa shape index (κ1) is 11.5. The van der Waals surface area contributed by atoms with E-state index in [0.717, 1.165) is 18.9 Å². The second-order valence-electron chi connectivity index (χ2n) is 4.30. The Morgan fingerprint density at radius 1 is 1.57 bits per heavy atom. The third kappa shape index (κ3) is 4.09. The maximum Gasteiger partial charge on any atom is 0.219 e. The molecule has 1 N–H and O–H groups in total. The highest BCUT2D eigenvalue weighted by Gasteiger charge is 2.12. The van der Waals surface area contributed by atoms with Gasteiger partial charge in [-0.25, -0.2) is 0 Å². The second-order valence-corrected chi connectivity index (χ2v) is 4.30. The van der Waals surface area contributed by atoms with Crippen molar-refractivity contribution in [3.8, 4) is 0 Å². The number of hydrogen-bond donors (Lipinski definition) is 1. The van der Waals surface area contributed by atoms with Crippen LogP contribution in [0.2, 0.25) is 0 Å². The van der Waals surface area contributed by atoms with Gasteiger partial charge in [0.2, 0.25) is 5.91 Å². The van der Waals surface area contributed by atoms with Crippen LogP contribution < -0.4 is 5.32 Å². The third-order valence-corrected chi connectivity index (χ3v) is 3.04. The Labute approximate surface area is 86.9 Å². The molecule has 0 radical (unpaired) electrons. The lowest BCUT2D eigenvalue weighted by Crippen LogP contribution is -2.31. The van der Waals surface area contributed by atoms with Gasteiger partial charge >= 0.3 is 0 Å². The molecule has 1 unspecified atom stereocenters. The first-order valence-electron chi connectivity index (χ1n) is 5.62. The van der Waals surface area contributed by atoms with Crippen molar-refractivity contribution >= 4 is 5.91 Å². The molecule has 0 aromatic carbocycles. The Kier molecular flexibility index (Phi) is 4.94. The highest BCUT2D eigenvalue weighted by molar-refractivity contribution is 5.72. The fraction of sp³-hybridized carbons (Fsp3) is 0.909. The molecule has 0 aromatic heterocycles. The van der Waals surface area contributed by atoms with Crippen LogP contribution in [-0.4, -0.2) is 37.5 Å². The maximum absolute atomic E-state index is 10.9. The average molecular weight is 198 g/mol. The summed E-state index contributed by atoms with van der Waals surface area (Å²) in [6.07, 6.45) is 5.07. The van der Waals surface area contributed by atoms with E-state index in [2.05, 4.69) is 5.32 Å². The number of amides is 1. The summed E-state index contributed by atoms with van der Waals surface area (Å²) in [5.74, 6) is 1.01. The summed E-state index contributed by atoms with van der Waals surface area (Å²) in [7, 11) is 1.88. The summed E-state index contributed by atoms with van der Waals surface area (Å²) in [5.41, 5.74) is 0. The van der Waals surface area contributed by atoms with Crippen molar-refractivity contribution < 1.29 is 4.79 Å². The molecule has 1 atom stereocenters. The number of rotatable bonds is 4. The Hall–Kier alpha value is -0.570. The zero-order valence-electron chi connectivity index (χ0n) is 9.38. The van der Waals surface area contributed by atoms with Gasteiger partial charge in [0.15, 0.2) is 0 Å². The molecule has 0 aliphatic carbocycles. The van der Waals surface area contributed by atoms with Crippen molar-refractivity contribution in [2.45, 2.75) is 32.6 Å². The van der Waals surface area contributed by atoms with Gasteiger partial charge in [0.05, 0.1) is 0 Å². The second kappa shape index (κ2) is 6.02. The molecule has 1 saturated heterocycles. The van der Waals surface area contributed by atoms with E-state index in [1.807, 2.05) is 7.05 Å². The van der Waals surface area contributed by atoms with Crippen LogP contribution >= 0.6 is 0 Å². The molecule has 1 fully saturated rings. The number of hydrogen-bond acceptors (Lipinski definition) is 2. The molecule has 14 heavy (non-hydrogen) atoms. The lowest BCUT2D eigenvalue weighted by atomic mass is 9.95. The number of carbonyl (C=O) groups is 1. The number of nitrogens with one attached hydrogen (secondary N) is 1. The summed E-state index contributed by atoms with van der Waals surface area (Å²) < 4.78 is 0. The van der Waals surface area contributed by atoms with Crippen LogP contribution in [0, 0.1) is 5.92 Å². The van der Waals surface area contributed by atoms with Crippen LogP contribution in [0.3, 0.4) is 0 Å². The first-order valence-corrected chi connectivity index (χ1v) is 5.62. The summed E-state index contributed by atoms with van der Waals surface area (Å²) in [6, 6.07) is 0. The highest BCUT2D eigenvalue weighted by atomic mass is 16.2. The molecule has 3 heteroatoms. The quantitative estimate of drug-likeness (QED) is 0.737. The zero-order valence-corrected chi connectivity index (χ0v) is 9.38. The first-order chi connectivity index (χ1) is 6.70. The van der Waals surface area contributed by atoms with Crippen molar-refractivity contribution in [2.24, 2.45) is 5.92 Å². The van der Waals surface area contributed by atoms with E-state index in [1.54, 1.807) is 11.8 Å². The molecular weight excluding hydrogens is 176 g/mol. The molecule has 82 valence electrons. The van der Waals surface area contributed by atoms with E-state index in [1.165, 1.54) is 32.4 Å². The van der Waals surface area contributed by atoms with E-state index >= 15 is 0 Å². The molecule has 0 bridgehead atoms. The molecule has 1 rings (SSSR count). The Balaban J connectivity index is 2.05. The van der Waals surface area contributed by atoms with Gasteiger partial charge in [0.1, 0.15) is 0 Å². The summed E-state index contributed by atoms with van der Waals surface area (Å²) in [4.78, 5) is 12.7.